The molecule has 1 heterocycles. The number of halogens is 1. The maximum absolute atomic E-state index is 6.04. The van der Waals surface area contributed by atoms with E-state index in [1.165, 1.54) is 6.33 Å². The predicted molar refractivity (Wildman–Crippen MR) is 72.5 cm³/mol. The number of nitrogen functional groups attached to an aromatic ring is 1. The van der Waals surface area contributed by atoms with E-state index in [1.54, 1.807) is 19.2 Å². The topological polar surface area (TPSA) is 73.1 Å². The lowest BCUT2D eigenvalue weighted by atomic mass is 10.2. The Balaban J connectivity index is 2.29. The van der Waals surface area contributed by atoms with E-state index in [0.717, 1.165) is 11.3 Å². The summed E-state index contributed by atoms with van der Waals surface area (Å²) in [7, 11) is 1.57. The Hall–Kier alpha value is -2.01. The molecule has 0 atom stereocenters. The number of nitrogens with two attached hydrogens (primary N) is 1. The Morgan fingerprint density at radius 1 is 1.33 bits per heavy atom. The van der Waals surface area contributed by atoms with E-state index in [9.17, 15) is 0 Å². The van der Waals surface area contributed by atoms with Crippen LogP contribution >= 0.6 is 11.6 Å². The monoisotopic (exact) mass is 264 g/mol. The molecular formula is C12H13ClN4O. The third kappa shape index (κ3) is 2.46. The first kappa shape index (κ1) is 12.4. The fraction of sp³-hybridized carbons (Fsp3) is 0.167. The van der Waals surface area contributed by atoms with E-state index >= 15 is 0 Å². The molecule has 1 aromatic carbocycles. The number of methoxy groups -OCH3 is 1. The quantitative estimate of drug-likeness (QED) is 0.892. The first-order chi connectivity index (χ1) is 8.61. The summed E-state index contributed by atoms with van der Waals surface area (Å²) < 4.78 is 5.09. The van der Waals surface area contributed by atoms with Crippen molar-refractivity contribution in [3.05, 3.63) is 35.1 Å². The molecule has 5 nitrogen and oxygen atoms in total. The van der Waals surface area contributed by atoms with E-state index in [2.05, 4.69) is 15.3 Å². The number of nitrogens with one attached hydrogen (secondary N) is 1. The number of anilines is 3. The summed E-state index contributed by atoms with van der Waals surface area (Å²) in [5.74, 6) is 1.73. The largest absolute Gasteiger partial charge is 0.495 e. The van der Waals surface area contributed by atoms with Gasteiger partial charge in [-0.2, -0.15) is 0 Å². The molecule has 2 aromatic rings. The van der Waals surface area contributed by atoms with Crippen LogP contribution in [0.5, 0.6) is 5.75 Å². The van der Waals surface area contributed by atoms with Crippen molar-refractivity contribution in [2.24, 2.45) is 0 Å². The van der Waals surface area contributed by atoms with Gasteiger partial charge in [-0.25, -0.2) is 9.97 Å². The summed E-state index contributed by atoms with van der Waals surface area (Å²) in [4.78, 5) is 8.04. The summed E-state index contributed by atoms with van der Waals surface area (Å²) in [5, 5.41) is 3.66. The molecule has 3 N–H and O–H groups in total. The van der Waals surface area contributed by atoms with Crippen molar-refractivity contribution < 1.29 is 4.74 Å². The van der Waals surface area contributed by atoms with E-state index in [1.807, 2.05) is 13.0 Å². The van der Waals surface area contributed by atoms with Crippen LogP contribution in [0, 0.1) is 6.92 Å². The van der Waals surface area contributed by atoms with E-state index in [0.29, 0.717) is 22.4 Å². The SMILES string of the molecule is COc1ccc(Nc2ncnc(N)c2C)cc1Cl. The zero-order chi connectivity index (χ0) is 13.1. The van der Waals surface area contributed by atoms with Crippen LogP contribution in [0.3, 0.4) is 0 Å². The van der Waals surface area contributed by atoms with Gasteiger partial charge in [-0.3, -0.25) is 0 Å². The number of benzene rings is 1. The zero-order valence-corrected chi connectivity index (χ0v) is 10.8. The molecule has 0 aliphatic heterocycles. The predicted octanol–water partition coefficient (Wildman–Crippen LogP) is 2.77. The van der Waals surface area contributed by atoms with E-state index in [-0.39, 0.29) is 0 Å². The molecule has 94 valence electrons. The second-order valence-corrected chi connectivity index (χ2v) is 4.11. The summed E-state index contributed by atoms with van der Waals surface area (Å²) >= 11 is 6.04. The molecular weight excluding hydrogens is 252 g/mol. The van der Waals surface area contributed by atoms with Gasteiger partial charge < -0.3 is 15.8 Å². The molecule has 0 radical (unpaired) electrons. The second-order valence-electron chi connectivity index (χ2n) is 3.71. The van der Waals surface area contributed by atoms with Crippen LogP contribution in [-0.2, 0) is 0 Å². The molecule has 0 saturated heterocycles. The highest BCUT2D eigenvalue weighted by molar-refractivity contribution is 6.32. The van der Waals surface area contributed by atoms with Gasteiger partial charge >= 0.3 is 0 Å². The van der Waals surface area contributed by atoms with Crippen LogP contribution in [0.15, 0.2) is 24.5 Å². The minimum atomic E-state index is 0.451. The molecule has 1 aromatic heterocycles. The van der Waals surface area contributed by atoms with Crippen LogP contribution in [0.4, 0.5) is 17.3 Å². The number of nitrogens with zero attached hydrogens (tertiary/aromatic N) is 2. The maximum atomic E-state index is 6.04. The van der Waals surface area contributed by atoms with Gasteiger partial charge in [-0.1, -0.05) is 11.6 Å². The molecule has 0 saturated carbocycles. The molecule has 0 spiro atoms. The standard InChI is InChI=1S/C12H13ClN4O/c1-7-11(14)15-6-16-12(7)17-8-3-4-10(18-2)9(13)5-8/h3-6H,1-2H3,(H3,14,15,16,17). The maximum Gasteiger partial charge on any atom is 0.138 e. The fourth-order valence-corrected chi connectivity index (χ4v) is 1.73. The highest BCUT2D eigenvalue weighted by Gasteiger charge is 2.06. The van der Waals surface area contributed by atoms with Gasteiger partial charge in [0, 0.05) is 11.3 Å². The van der Waals surface area contributed by atoms with Gasteiger partial charge in [0.1, 0.15) is 23.7 Å². The lowest BCUT2D eigenvalue weighted by Crippen LogP contribution is -2.02. The summed E-state index contributed by atoms with van der Waals surface area (Å²) in [6, 6.07) is 5.39. The van der Waals surface area contributed by atoms with Gasteiger partial charge in [-0.15, -0.1) is 0 Å². The van der Waals surface area contributed by atoms with Crippen molar-refractivity contribution in [2.75, 3.05) is 18.2 Å². The summed E-state index contributed by atoms with van der Waals surface area (Å²) in [6.07, 6.45) is 1.41. The Bertz CT molecular complexity index is 574. The second kappa shape index (κ2) is 5.10. The number of rotatable bonds is 3. The average molecular weight is 265 g/mol. The molecule has 0 unspecified atom stereocenters. The molecule has 18 heavy (non-hydrogen) atoms. The van der Waals surface area contributed by atoms with Crippen LogP contribution in [0.25, 0.3) is 0 Å². The molecule has 0 fully saturated rings. The van der Waals surface area contributed by atoms with Crippen molar-refractivity contribution in [1.82, 2.24) is 9.97 Å². The lowest BCUT2D eigenvalue weighted by molar-refractivity contribution is 0.415. The van der Waals surface area contributed by atoms with Crippen molar-refractivity contribution in [2.45, 2.75) is 6.92 Å². The minimum absolute atomic E-state index is 0.451. The Kier molecular flexibility index (Phi) is 3.53. The Labute approximate surface area is 110 Å². The van der Waals surface area contributed by atoms with Crippen LogP contribution in [0.2, 0.25) is 5.02 Å². The van der Waals surface area contributed by atoms with Crippen molar-refractivity contribution in [3.63, 3.8) is 0 Å². The average Bonchev–Trinajstić information content (AvgIpc) is 2.35. The van der Waals surface area contributed by atoms with Crippen molar-refractivity contribution >= 4 is 28.9 Å². The van der Waals surface area contributed by atoms with Crippen molar-refractivity contribution in [3.8, 4) is 5.75 Å². The third-order valence-corrected chi connectivity index (χ3v) is 2.83. The number of hydrogen-bond donors (Lipinski definition) is 2. The van der Waals surface area contributed by atoms with Gasteiger partial charge in [-0.05, 0) is 25.1 Å². The fourth-order valence-electron chi connectivity index (χ4n) is 1.47. The highest BCUT2D eigenvalue weighted by Crippen LogP contribution is 2.29. The molecule has 0 aliphatic rings. The Morgan fingerprint density at radius 3 is 2.78 bits per heavy atom. The van der Waals surface area contributed by atoms with E-state index < -0.39 is 0 Å². The number of aromatic nitrogens is 2. The van der Waals surface area contributed by atoms with Gasteiger partial charge in [0.25, 0.3) is 0 Å². The molecule has 0 bridgehead atoms. The first-order valence-electron chi connectivity index (χ1n) is 5.29. The normalized spacial score (nSPS) is 10.2. The minimum Gasteiger partial charge on any atom is -0.495 e. The van der Waals surface area contributed by atoms with Crippen molar-refractivity contribution in [1.29, 1.82) is 0 Å². The smallest absolute Gasteiger partial charge is 0.138 e. The van der Waals surface area contributed by atoms with Crippen LogP contribution in [0.1, 0.15) is 5.56 Å². The van der Waals surface area contributed by atoms with Gasteiger partial charge in [0.05, 0.1) is 12.1 Å². The number of ether oxygens (including phenoxy) is 1. The molecule has 6 heteroatoms. The first-order valence-corrected chi connectivity index (χ1v) is 5.67. The number of hydrogen-bond acceptors (Lipinski definition) is 5. The van der Waals surface area contributed by atoms with Gasteiger partial charge in [0.15, 0.2) is 0 Å². The summed E-state index contributed by atoms with van der Waals surface area (Å²) in [5.41, 5.74) is 7.32. The highest BCUT2D eigenvalue weighted by atomic mass is 35.5. The Morgan fingerprint density at radius 2 is 2.11 bits per heavy atom. The van der Waals surface area contributed by atoms with Crippen LogP contribution < -0.4 is 15.8 Å². The van der Waals surface area contributed by atoms with E-state index in [4.69, 9.17) is 22.1 Å². The molecule has 0 amide bonds. The summed E-state index contributed by atoms with van der Waals surface area (Å²) in [6.45, 7) is 1.85. The molecule has 0 aliphatic carbocycles. The van der Waals surface area contributed by atoms with Gasteiger partial charge in [0.2, 0.25) is 0 Å². The van der Waals surface area contributed by atoms with Crippen LogP contribution in [-0.4, -0.2) is 17.1 Å². The third-order valence-electron chi connectivity index (χ3n) is 2.54. The lowest BCUT2D eigenvalue weighted by Gasteiger charge is -2.10. The zero-order valence-electron chi connectivity index (χ0n) is 10.1. The molecule has 2 rings (SSSR count).